The van der Waals surface area contributed by atoms with Crippen molar-refractivity contribution in [1.82, 2.24) is 0 Å². The Balaban J connectivity index is 0.00000289. The van der Waals surface area contributed by atoms with Crippen LogP contribution in [-0.4, -0.2) is 24.1 Å². The van der Waals surface area contributed by atoms with Gasteiger partial charge in [0.1, 0.15) is 0 Å². The second kappa shape index (κ2) is 6.67. The summed E-state index contributed by atoms with van der Waals surface area (Å²) < 4.78 is 38.1. The molecule has 0 aromatic rings. The highest BCUT2D eigenvalue weighted by Gasteiger charge is 2.45. The molecule has 2 unspecified atom stereocenters. The van der Waals surface area contributed by atoms with Crippen molar-refractivity contribution < 1.29 is 13.2 Å². The van der Waals surface area contributed by atoms with E-state index in [0.717, 1.165) is 0 Å². The Morgan fingerprint density at radius 1 is 1.06 bits per heavy atom. The first-order valence-corrected chi connectivity index (χ1v) is 5.30. The van der Waals surface area contributed by atoms with Crippen molar-refractivity contribution in [3.05, 3.63) is 0 Å². The summed E-state index contributed by atoms with van der Waals surface area (Å²) in [5.74, 6) is -2.07. The van der Waals surface area contributed by atoms with Crippen molar-refractivity contribution in [2.75, 3.05) is 0 Å². The Bertz CT molecular complexity index is 325. The van der Waals surface area contributed by atoms with E-state index in [2.05, 4.69) is 9.98 Å². The molecule has 0 aromatic heterocycles. The van der Waals surface area contributed by atoms with Gasteiger partial charge in [0.05, 0.1) is 12.0 Å². The fourth-order valence-corrected chi connectivity index (χ4v) is 1.98. The number of nitrogens with two attached hydrogens (primary N) is 3. The van der Waals surface area contributed by atoms with Crippen LogP contribution >= 0.6 is 12.4 Å². The van der Waals surface area contributed by atoms with Crippen LogP contribution in [0.3, 0.4) is 0 Å². The molecule has 106 valence electrons. The summed E-state index contributed by atoms with van der Waals surface area (Å²) in [6, 6.07) is -0.883. The van der Waals surface area contributed by atoms with Gasteiger partial charge in [-0.15, -0.1) is 12.4 Å². The average Bonchev–Trinajstić information content (AvgIpc) is 2.15. The van der Waals surface area contributed by atoms with Gasteiger partial charge in [-0.25, -0.2) is 4.99 Å². The zero-order chi connectivity index (χ0) is 13.1. The van der Waals surface area contributed by atoms with Crippen LogP contribution in [0.4, 0.5) is 13.2 Å². The van der Waals surface area contributed by atoms with Gasteiger partial charge in [0, 0.05) is 0 Å². The van der Waals surface area contributed by atoms with Crippen molar-refractivity contribution in [2.24, 2.45) is 33.1 Å². The van der Waals surface area contributed by atoms with Gasteiger partial charge >= 0.3 is 6.18 Å². The topological polar surface area (TPSA) is 103 Å². The predicted octanol–water partition coefficient (Wildman–Crippen LogP) is 1.12. The fraction of sp³-hybridized carbons (Fsp3) is 0.778. The molecule has 0 aromatic carbocycles. The molecule has 5 nitrogen and oxygen atoms in total. The summed E-state index contributed by atoms with van der Waals surface area (Å²) in [5.41, 5.74) is 15.5. The zero-order valence-corrected chi connectivity index (χ0v) is 10.5. The normalized spacial score (nSPS) is 25.2. The van der Waals surface area contributed by atoms with E-state index < -0.39 is 18.1 Å². The molecule has 0 bridgehead atoms. The standard InChI is InChI=1S/C9H16F3N5.ClH/c10-9(11,12)5-3-1-2-4-6(5)16-8(15)17-7(13)14;/h5-6H,1-4H2,(H6,13,14,15,16,17);1H. The number of hydrogen-bond acceptors (Lipinski definition) is 1. The molecule has 1 aliphatic rings. The van der Waals surface area contributed by atoms with Crippen LogP contribution in [0.2, 0.25) is 0 Å². The van der Waals surface area contributed by atoms with E-state index in [4.69, 9.17) is 17.2 Å². The molecule has 1 saturated carbocycles. The third-order valence-corrected chi connectivity index (χ3v) is 2.69. The Kier molecular flexibility index (Phi) is 6.23. The largest absolute Gasteiger partial charge is 0.393 e. The van der Waals surface area contributed by atoms with Crippen LogP contribution in [0.15, 0.2) is 9.98 Å². The lowest BCUT2D eigenvalue weighted by Gasteiger charge is -2.30. The fourth-order valence-electron chi connectivity index (χ4n) is 1.98. The summed E-state index contributed by atoms with van der Waals surface area (Å²) in [5, 5.41) is 0. The number of guanidine groups is 2. The highest BCUT2D eigenvalue weighted by molar-refractivity contribution is 5.92. The molecule has 2 atom stereocenters. The van der Waals surface area contributed by atoms with Gasteiger partial charge in [0.25, 0.3) is 0 Å². The van der Waals surface area contributed by atoms with Crippen LogP contribution in [-0.2, 0) is 0 Å². The van der Waals surface area contributed by atoms with Crippen molar-refractivity contribution in [3.8, 4) is 0 Å². The van der Waals surface area contributed by atoms with Crippen LogP contribution in [0, 0.1) is 5.92 Å². The molecule has 18 heavy (non-hydrogen) atoms. The minimum atomic E-state index is -4.26. The maximum Gasteiger partial charge on any atom is 0.393 e. The van der Waals surface area contributed by atoms with E-state index in [-0.39, 0.29) is 30.7 Å². The molecule has 0 radical (unpaired) electrons. The number of aliphatic imine (C=N–C) groups is 2. The van der Waals surface area contributed by atoms with E-state index in [1.54, 1.807) is 0 Å². The van der Waals surface area contributed by atoms with Crippen LogP contribution in [0.5, 0.6) is 0 Å². The SMILES string of the molecule is Cl.NC(N)=NC(N)=NC1CCCCC1C(F)(F)F. The number of hydrogen-bond donors (Lipinski definition) is 3. The number of halogens is 4. The first kappa shape index (κ1) is 16.8. The highest BCUT2D eigenvalue weighted by atomic mass is 35.5. The maximum atomic E-state index is 12.7. The van der Waals surface area contributed by atoms with Gasteiger partial charge in [-0.3, -0.25) is 0 Å². The Morgan fingerprint density at radius 2 is 1.61 bits per heavy atom. The molecule has 0 heterocycles. The molecule has 0 spiro atoms. The highest BCUT2D eigenvalue weighted by Crippen LogP contribution is 2.39. The Labute approximate surface area is 109 Å². The van der Waals surface area contributed by atoms with Gasteiger partial charge in [-0.2, -0.15) is 18.2 Å². The summed E-state index contributed by atoms with van der Waals surface area (Å²) in [7, 11) is 0. The maximum absolute atomic E-state index is 12.7. The van der Waals surface area contributed by atoms with E-state index in [0.29, 0.717) is 19.3 Å². The lowest BCUT2D eigenvalue weighted by Crippen LogP contribution is -2.37. The quantitative estimate of drug-likeness (QED) is 0.497. The van der Waals surface area contributed by atoms with Crippen molar-refractivity contribution in [2.45, 2.75) is 37.9 Å². The monoisotopic (exact) mass is 287 g/mol. The van der Waals surface area contributed by atoms with Gasteiger partial charge in [-0.1, -0.05) is 12.8 Å². The molecule has 1 rings (SSSR count). The van der Waals surface area contributed by atoms with Gasteiger partial charge in [-0.05, 0) is 12.8 Å². The molecule has 1 aliphatic carbocycles. The average molecular weight is 288 g/mol. The van der Waals surface area contributed by atoms with E-state index in [9.17, 15) is 13.2 Å². The molecule has 1 fully saturated rings. The lowest BCUT2D eigenvalue weighted by atomic mass is 9.84. The summed E-state index contributed by atoms with van der Waals surface area (Å²) in [4.78, 5) is 7.17. The lowest BCUT2D eigenvalue weighted by molar-refractivity contribution is -0.185. The zero-order valence-electron chi connectivity index (χ0n) is 9.65. The van der Waals surface area contributed by atoms with Crippen molar-refractivity contribution >= 4 is 24.3 Å². The minimum absolute atomic E-state index is 0. The Hall–Kier alpha value is -1.18. The van der Waals surface area contributed by atoms with Crippen LogP contribution in [0.1, 0.15) is 25.7 Å². The Morgan fingerprint density at radius 3 is 2.11 bits per heavy atom. The molecule has 6 N–H and O–H groups in total. The van der Waals surface area contributed by atoms with Crippen molar-refractivity contribution in [1.29, 1.82) is 0 Å². The first-order valence-electron chi connectivity index (χ1n) is 5.30. The smallest absolute Gasteiger partial charge is 0.370 e. The second-order valence-corrected chi connectivity index (χ2v) is 4.02. The molecule has 0 amide bonds. The van der Waals surface area contributed by atoms with E-state index in [1.807, 2.05) is 0 Å². The summed E-state index contributed by atoms with van der Waals surface area (Å²) in [6.45, 7) is 0. The number of rotatable bonds is 1. The second-order valence-electron chi connectivity index (χ2n) is 4.02. The van der Waals surface area contributed by atoms with Gasteiger partial charge in [0.15, 0.2) is 5.96 Å². The van der Waals surface area contributed by atoms with Crippen LogP contribution in [0.25, 0.3) is 0 Å². The first-order chi connectivity index (χ1) is 7.80. The molecule has 9 heteroatoms. The molecule has 0 saturated heterocycles. The number of alkyl halides is 3. The molecule has 0 aliphatic heterocycles. The molecular weight excluding hydrogens is 271 g/mol. The number of nitrogens with zero attached hydrogens (tertiary/aromatic N) is 2. The third kappa shape index (κ3) is 4.99. The van der Waals surface area contributed by atoms with Crippen molar-refractivity contribution in [3.63, 3.8) is 0 Å². The van der Waals surface area contributed by atoms with E-state index >= 15 is 0 Å². The summed E-state index contributed by atoms with van der Waals surface area (Å²) >= 11 is 0. The minimum Gasteiger partial charge on any atom is -0.370 e. The van der Waals surface area contributed by atoms with Gasteiger partial charge < -0.3 is 17.2 Å². The predicted molar refractivity (Wildman–Crippen MR) is 66.5 cm³/mol. The van der Waals surface area contributed by atoms with E-state index in [1.165, 1.54) is 0 Å². The van der Waals surface area contributed by atoms with Gasteiger partial charge in [0.2, 0.25) is 5.96 Å². The van der Waals surface area contributed by atoms with Crippen LogP contribution < -0.4 is 17.2 Å². The third-order valence-electron chi connectivity index (χ3n) is 2.69. The summed E-state index contributed by atoms with van der Waals surface area (Å²) in [6.07, 6.45) is -2.57. The molecular formula is C9H17ClF3N5.